The van der Waals surface area contributed by atoms with Crippen LogP contribution < -0.4 is 0 Å². The van der Waals surface area contributed by atoms with Gasteiger partial charge in [0.1, 0.15) is 0 Å². The Hall–Kier alpha value is -2.96. The van der Waals surface area contributed by atoms with Gasteiger partial charge in [0.15, 0.2) is 11.5 Å². The molecule has 0 atom stereocenters. The molecule has 134 valence electrons. The van der Waals surface area contributed by atoms with Gasteiger partial charge in [-0.1, -0.05) is 35.0 Å². The molecule has 0 bridgehead atoms. The SMILES string of the molecule is Cc1cccc(CC(=O)N2CCc3c(c(-c4nc(C)no4)nn3C)C2)c1. The summed E-state index contributed by atoms with van der Waals surface area (Å²) in [5.74, 6) is 1.10. The van der Waals surface area contributed by atoms with Gasteiger partial charge in [0.05, 0.1) is 6.42 Å². The zero-order valence-electron chi connectivity index (χ0n) is 15.2. The predicted octanol–water partition coefficient (Wildman–Crippen LogP) is 2.21. The number of carbonyl (C=O) groups is 1. The average molecular weight is 351 g/mol. The maximum absolute atomic E-state index is 12.8. The molecule has 1 amide bonds. The standard InChI is InChI=1S/C19H21N5O2/c1-12-5-4-6-14(9-12)10-17(25)24-8-7-16-15(11-24)18(21-23(16)3)19-20-13(2)22-26-19/h4-6,9H,7-8,10-11H2,1-3H3. The van der Waals surface area contributed by atoms with Crippen molar-refractivity contribution < 1.29 is 9.32 Å². The van der Waals surface area contributed by atoms with Crippen molar-refractivity contribution in [3.05, 3.63) is 52.5 Å². The molecule has 0 unspecified atom stereocenters. The summed E-state index contributed by atoms with van der Waals surface area (Å²) in [7, 11) is 1.91. The Morgan fingerprint density at radius 2 is 2.15 bits per heavy atom. The molecule has 0 spiro atoms. The first-order valence-corrected chi connectivity index (χ1v) is 8.70. The molecule has 26 heavy (non-hydrogen) atoms. The van der Waals surface area contributed by atoms with Crippen molar-refractivity contribution >= 4 is 5.91 Å². The molecule has 1 aliphatic rings. The van der Waals surface area contributed by atoms with Gasteiger partial charge in [-0.2, -0.15) is 10.1 Å². The maximum atomic E-state index is 12.8. The minimum absolute atomic E-state index is 0.123. The lowest BCUT2D eigenvalue weighted by atomic mass is 10.0. The summed E-state index contributed by atoms with van der Waals surface area (Å²) in [5, 5.41) is 8.40. The second-order valence-corrected chi connectivity index (χ2v) is 6.78. The highest BCUT2D eigenvalue weighted by atomic mass is 16.5. The van der Waals surface area contributed by atoms with E-state index in [4.69, 9.17) is 4.52 Å². The van der Waals surface area contributed by atoms with Crippen LogP contribution in [0.1, 0.15) is 28.2 Å². The number of nitrogens with zero attached hydrogens (tertiary/aromatic N) is 5. The molecule has 1 aliphatic heterocycles. The van der Waals surface area contributed by atoms with E-state index in [0.717, 1.165) is 28.8 Å². The molecule has 7 nitrogen and oxygen atoms in total. The molecule has 2 aromatic heterocycles. The molecule has 7 heteroatoms. The van der Waals surface area contributed by atoms with Crippen LogP contribution >= 0.6 is 0 Å². The number of fused-ring (bicyclic) bond motifs is 1. The van der Waals surface area contributed by atoms with Crippen molar-refractivity contribution in [3.8, 4) is 11.6 Å². The molecular weight excluding hydrogens is 330 g/mol. The van der Waals surface area contributed by atoms with Gasteiger partial charge in [-0.3, -0.25) is 9.48 Å². The quantitative estimate of drug-likeness (QED) is 0.723. The lowest BCUT2D eigenvalue weighted by Gasteiger charge is -2.27. The number of hydrogen-bond acceptors (Lipinski definition) is 5. The molecule has 3 heterocycles. The Morgan fingerprint density at radius 1 is 1.31 bits per heavy atom. The monoisotopic (exact) mass is 351 g/mol. The van der Waals surface area contributed by atoms with Gasteiger partial charge in [0, 0.05) is 37.8 Å². The number of aryl methyl sites for hydroxylation is 3. The second kappa shape index (κ2) is 6.40. The van der Waals surface area contributed by atoms with Crippen molar-refractivity contribution in [1.29, 1.82) is 0 Å². The van der Waals surface area contributed by atoms with E-state index < -0.39 is 0 Å². The lowest BCUT2D eigenvalue weighted by molar-refractivity contribution is -0.131. The Morgan fingerprint density at radius 3 is 2.88 bits per heavy atom. The number of rotatable bonds is 3. The van der Waals surface area contributed by atoms with E-state index in [1.807, 2.05) is 41.8 Å². The Labute approximate surface area is 151 Å². The van der Waals surface area contributed by atoms with E-state index in [1.54, 1.807) is 6.92 Å². The van der Waals surface area contributed by atoms with Gasteiger partial charge in [0.25, 0.3) is 5.89 Å². The summed E-state index contributed by atoms with van der Waals surface area (Å²) in [6.45, 7) is 5.03. The molecule has 0 saturated carbocycles. The normalized spacial score (nSPS) is 13.7. The van der Waals surface area contributed by atoms with Crippen LogP contribution in [-0.2, 0) is 31.2 Å². The van der Waals surface area contributed by atoms with E-state index in [2.05, 4.69) is 21.3 Å². The zero-order chi connectivity index (χ0) is 18.3. The number of amides is 1. The smallest absolute Gasteiger partial charge is 0.278 e. The molecule has 0 N–H and O–H groups in total. The summed E-state index contributed by atoms with van der Waals surface area (Å²) in [5.41, 5.74) is 5.00. The second-order valence-electron chi connectivity index (χ2n) is 6.78. The van der Waals surface area contributed by atoms with Crippen molar-refractivity contribution in [2.45, 2.75) is 33.2 Å². The number of benzene rings is 1. The van der Waals surface area contributed by atoms with Crippen molar-refractivity contribution in [2.24, 2.45) is 7.05 Å². The van der Waals surface area contributed by atoms with Gasteiger partial charge < -0.3 is 9.42 Å². The molecule has 0 fully saturated rings. The minimum Gasteiger partial charge on any atom is -0.338 e. The van der Waals surface area contributed by atoms with Crippen LogP contribution in [-0.4, -0.2) is 37.3 Å². The largest absolute Gasteiger partial charge is 0.338 e. The lowest BCUT2D eigenvalue weighted by Crippen LogP contribution is -2.37. The summed E-state index contributed by atoms with van der Waals surface area (Å²) in [6.07, 6.45) is 1.18. The first-order valence-electron chi connectivity index (χ1n) is 8.70. The molecule has 1 aromatic carbocycles. The molecular formula is C19H21N5O2. The van der Waals surface area contributed by atoms with Crippen molar-refractivity contribution in [1.82, 2.24) is 24.8 Å². The fourth-order valence-electron chi connectivity index (χ4n) is 3.48. The molecule has 0 radical (unpaired) electrons. The highest BCUT2D eigenvalue weighted by Gasteiger charge is 2.29. The first kappa shape index (κ1) is 16.5. The van der Waals surface area contributed by atoms with Gasteiger partial charge >= 0.3 is 0 Å². The van der Waals surface area contributed by atoms with E-state index in [-0.39, 0.29) is 5.91 Å². The van der Waals surface area contributed by atoms with E-state index in [1.165, 1.54) is 0 Å². The van der Waals surface area contributed by atoms with Crippen LogP contribution in [0.5, 0.6) is 0 Å². The molecule has 4 rings (SSSR count). The summed E-state index contributed by atoms with van der Waals surface area (Å²) in [6, 6.07) is 8.08. The fraction of sp³-hybridized carbons (Fsp3) is 0.368. The van der Waals surface area contributed by atoms with E-state index in [0.29, 0.717) is 36.9 Å². The van der Waals surface area contributed by atoms with Gasteiger partial charge in [-0.15, -0.1) is 0 Å². The summed E-state index contributed by atoms with van der Waals surface area (Å²) >= 11 is 0. The van der Waals surface area contributed by atoms with Crippen LogP contribution in [0.2, 0.25) is 0 Å². The van der Waals surface area contributed by atoms with E-state index >= 15 is 0 Å². The van der Waals surface area contributed by atoms with Crippen molar-refractivity contribution in [2.75, 3.05) is 6.54 Å². The molecule has 3 aromatic rings. The minimum atomic E-state index is 0.123. The number of aromatic nitrogens is 4. The number of hydrogen-bond donors (Lipinski definition) is 0. The zero-order valence-corrected chi connectivity index (χ0v) is 15.2. The van der Waals surface area contributed by atoms with Gasteiger partial charge in [0.2, 0.25) is 5.91 Å². The molecule has 0 aliphatic carbocycles. The number of carbonyl (C=O) groups excluding carboxylic acids is 1. The highest BCUT2D eigenvalue weighted by molar-refractivity contribution is 5.79. The summed E-state index contributed by atoms with van der Waals surface area (Å²) < 4.78 is 7.15. The third-order valence-electron chi connectivity index (χ3n) is 4.76. The van der Waals surface area contributed by atoms with Crippen LogP contribution in [0.25, 0.3) is 11.6 Å². The third-order valence-corrected chi connectivity index (χ3v) is 4.76. The van der Waals surface area contributed by atoms with E-state index in [9.17, 15) is 4.79 Å². The average Bonchev–Trinajstić information content (AvgIpc) is 3.18. The summed E-state index contributed by atoms with van der Waals surface area (Å²) in [4.78, 5) is 19.0. The van der Waals surface area contributed by atoms with Crippen LogP contribution in [0.15, 0.2) is 28.8 Å². The Kier molecular flexibility index (Phi) is 4.06. The Bertz CT molecular complexity index is 972. The van der Waals surface area contributed by atoms with Crippen LogP contribution in [0, 0.1) is 13.8 Å². The Balaban J connectivity index is 1.58. The maximum Gasteiger partial charge on any atom is 0.278 e. The van der Waals surface area contributed by atoms with Crippen LogP contribution in [0.3, 0.4) is 0 Å². The van der Waals surface area contributed by atoms with Gasteiger partial charge in [-0.25, -0.2) is 0 Å². The van der Waals surface area contributed by atoms with Crippen molar-refractivity contribution in [3.63, 3.8) is 0 Å². The fourth-order valence-corrected chi connectivity index (χ4v) is 3.48. The predicted molar refractivity (Wildman–Crippen MR) is 95.2 cm³/mol. The third kappa shape index (κ3) is 3.00. The first-order chi connectivity index (χ1) is 12.5. The molecule has 0 saturated heterocycles. The van der Waals surface area contributed by atoms with Gasteiger partial charge in [-0.05, 0) is 19.4 Å². The topological polar surface area (TPSA) is 77.1 Å². The van der Waals surface area contributed by atoms with Crippen LogP contribution in [0.4, 0.5) is 0 Å². The highest BCUT2D eigenvalue weighted by Crippen LogP contribution is 2.29.